The van der Waals surface area contributed by atoms with E-state index >= 15 is 4.39 Å². The van der Waals surface area contributed by atoms with Crippen molar-refractivity contribution in [2.75, 3.05) is 38.2 Å². The zero-order valence-corrected chi connectivity index (χ0v) is 25.0. The number of phenols is 1. The van der Waals surface area contributed by atoms with Gasteiger partial charge < -0.3 is 25.0 Å². The third-order valence-corrected chi connectivity index (χ3v) is 9.44. The first-order chi connectivity index (χ1) is 21.5. The fourth-order valence-electron chi connectivity index (χ4n) is 7.23. The second kappa shape index (κ2) is 11.1. The molecule has 4 aromatic rings. The van der Waals surface area contributed by atoms with Gasteiger partial charge in [-0.05, 0) is 74.8 Å². The molecule has 2 bridgehead atoms. The van der Waals surface area contributed by atoms with Crippen LogP contribution in [0.15, 0.2) is 35.1 Å². The van der Waals surface area contributed by atoms with Crippen molar-refractivity contribution in [1.82, 2.24) is 24.8 Å². The van der Waals surface area contributed by atoms with Gasteiger partial charge in [0.2, 0.25) is 0 Å². The quantitative estimate of drug-likeness (QED) is 0.296. The highest BCUT2D eigenvalue weighted by molar-refractivity contribution is 5.96. The molecule has 2 aromatic heterocycles. The average Bonchev–Trinajstić information content (AvgIpc) is 3.57. The Kier molecular flexibility index (Phi) is 7.35. The van der Waals surface area contributed by atoms with Crippen molar-refractivity contribution >= 4 is 27.5 Å². The number of hydrogen-bond donors (Lipinski definition) is 2. The van der Waals surface area contributed by atoms with Crippen molar-refractivity contribution in [3.8, 4) is 17.4 Å². The number of benzene rings is 2. The summed E-state index contributed by atoms with van der Waals surface area (Å²) in [6.45, 7) is 3.88. The summed E-state index contributed by atoms with van der Waals surface area (Å²) < 4.78 is 66.3. The topological polar surface area (TPSA) is 95.8 Å². The third kappa shape index (κ3) is 5.25. The number of aromatic nitrogens is 3. The maximum atomic E-state index is 15.0. The highest BCUT2D eigenvalue weighted by atomic mass is 19.4. The first-order valence-electron chi connectivity index (χ1n) is 15.3. The summed E-state index contributed by atoms with van der Waals surface area (Å²) in [6.07, 6.45) is -1.05. The molecular weight excluding hydrogens is 592 g/mol. The summed E-state index contributed by atoms with van der Waals surface area (Å²) in [4.78, 5) is 27.5. The fourth-order valence-corrected chi connectivity index (χ4v) is 7.23. The van der Waals surface area contributed by atoms with Gasteiger partial charge in [0.05, 0.1) is 11.1 Å². The zero-order chi connectivity index (χ0) is 31.6. The molecule has 7 rings (SSSR count). The number of piperazine rings is 1. The molecule has 3 fully saturated rings. The summed E-state index contributed by atoms with van der Waals surface area (Å²) in [6, 6.07) is 6.18. The van der Waals surface area contributed by atoms with Crippen LogP contribution in [0.25, 0.3) is 27.4 Å². The summed E-state index contributed by atoms with van der Waals surface area (Å²) in [5.41, 5.74) is -2.74. The van der Waals surface area contributed by atoms with Crippen molar-refractivity contribution in [1.29, 1.82) is 0 Å². The van der Waals surface area contributed by atoms with Crippen molar-refractivity contribution in [2.45, 2.75) is 63.3 Å². The SMILES string of the molecule is CCc1c(F)ccc2cc(O)cc(-n3c(C(F)(F)F)cc4c(N5C[C@H]6CC[C@@H](C5)N6)nc(OC[C@@H]5CCCN5C)nc4c3=O)c12. The third-order valence-electron chi connectivity index (χ3n) is 9.44. The molecule has 2 N–H and O–H groups in total. The van der Waals surface area contributed by atoms with Gasteiger partial charge in [-0.2, -0.15) is 23.1 Å². The van der Waals surface area contributed by atoms with Crippen molar-refractivity contribution in [2.24, 2.45) is 0 Å². The van der Waals surface area contributed by atoms with E-state index < -0.39 is 23.2 Å². The molecule has 45 heavy (non-hydrogen) atoms. The van der Waals surface area contributed by atoms with E-state index in [1.807, 2.05) is 11.9 Å². The van der Waals surface area contributed by atoms with Gasteiger partial charge in [-0.1, -0.05) is 13.0 Å². The van der Waals surface area contributed by atoms with Gasteiger partial charge >= 0.3 is 12.2 Å². The van der Waals surface area contributed by atoms with Crippen LogP contribution in [-0.4, -0.2) is 76.0 Å². The molecule has 0 aliphatic carbocycles. The molecule has 5 heterocycles. The van der Waals surface area contributed by atoms with Gasteiger partial charge in [0.25, 0.3) is 5.56 Å². The minimum Gasteiger partial charge on any atom is -0.508 e. The highest BCUT2D eigenvalue weighted by Gasteiger charge is 2.39. The lowest BCUT2D eigenvalue weighted by Gasteiger charge is -2.34. The molecule has 2 aromatic carbocycles. The van der Waals surface area contributed by atoms with Gasteiger partial charge in [-0.3, -0.25) is 9.36 Å². The number of aromatic hydroxyl groups is 1. The van der Waals surface area contributed by atoms with Gasteiger partial charge in [0.15, 0.2) is 0 Å². The number of hydrogen-bond acceptors (Lipinski definition) is 8. The van der Waals surface area contributed by atoms with Gasteiger partial charge in [-0.15, -0.1) is 0 Å². The fraction of sp³-hybridized carbons (Fsp3) is 0.469. The van der Waals surface area contributed by atoms with Crippen LogP contribution in [0.3, 0.4) is 0 Å². The molecule has 13 heteroatoms. The zero-order valence-electron chi connectivity index (χ0n) is 25.0. The molecule has 3 aliphatic rings. The molecule has 3 atom stereocenters. The standard InChI is InChI=1S/C32H34F4N6O3/c1-3-22-24(33)9-6-17-11-21(43)12-25(27(17)22)42-26(32(34,35)36)13-23-28(30(42)44)38-31(45-16-20-5-4-10-40(20)2)39-29(23)41-14-18-7-8-19(15-41)37-18/h6,9,11-13,18-20,37,43H,3-5,7-8,10,14-16H2,1-2H3/t18-,19+,20-/m0/s1. The van der Waals surface area contributed by atoms with Crippen molar-refractivity contribution in [3.63, 3.8) is 0 Å². The van der Waals surface area contributed by atoms with Crippen molar-refractivity contribution < 1.29 is 27.4 Å². The lowest BCUT2D eigenvalue weighted by Crippen LogP contribution is -2.51. The number of aryl methyl sites for hydroxylation is 1. The Morgan fingerprint density at radius 3 is 2.51 bits per heavy atom. The molecule has 0 saturated carbocycles. The van der Waals surface area contributed by atoms with Crippen LogP contribution in [0.1, 0.15) is 43.9 Å². The minimum atomic E-state index is -4.99. The second-order valence-corrected chi connectivity index (χ2v) is 12.3. The number of fused-ring (bicyclic) bond motifs is 4. The maximum absolute atomic E-state index is 15.0. The average molecular weight is 627 g/mol. The second-order valence-electron chi connectivity index (χ2n) is 12.3. The predicted molar refractivity (Wildman–Crippen MR) is 162 cm³/mol. The number of nitrogens with zero attached hydrogens (tertiary/aromatic N) is 5. The molecule has 3 saturated heterocycles. The number of rotatable bonds is 6. The maximum Gasteiger partial charge on any atom is 0.431 e. The Morgan fingerprint density at radius 1 is 1.09 bits per heavy atom. The van der Waals surface area contributed by atoms with E-state index in [9.17, 15) is 23.1 Å². The molecule has 3 aliphatic heterocycles. The van der Waals surface area contributed by atoms with E-state index in [1.165, 1.54) is 18.2 Å². The molecule has 0 radical (unpaired) electrons. The van der Waals surface area contributed by atoms with Crippen LogP contribution in [0, 0.1) is 5.82 Å². The number of nitrogens with one attached hydrogen (secondary N) is 1. The Bertz CT molecular complexity index is 1850. The van der Waals surface area contributed by atoms with Crippen molar-refractivity contribution in [3.05, 3.63) is 57.8 Å². The number of pyridine rings is 1. The minimum absolute atomic E-state index is 0.0402. The van der Waals surface area contributed by atoms with Crippen LogP contribution in [-0.2, 0) is 12.6 Å². The molecular formula is C32H34F4N6O3. The Balaban J connectivity index is 1.49. The first-order valence-corrected chi connectivity index (χ1v) is 15.3. The number of anilines is 1. The van der Waals surface area contributed by atoms with Crippen LogP contribution in [0.2, 0.25) is 0 Å². The monoisotopic (exact) mass is 626 g/mol. The number of phenolic OH excluding ortho intramolecular Hbond substituents is 1. The predicted octanol–water partition coefficient (Wildman–Crippen LogP) is 4.77. The molecule has 0 amide bonds. The van der Waals surface area contributed by atoms with Gasteiger partial charge in [0.1, 0.15) is 35.2 Å². The normalized spacial score (nSPS) is 22.2. The van der Waals surface area contributed by atoms with E-state index in [1.54, 1.807) is 6.92 Å². The molecule has 0 unspecified atom stereocenters. The number of likely N-dealkylation sites (N-methyl/N-ethyl adjacent to an activating group) is 1. The van der Waals surface area contributed by atoms with E-state index in [0.717, 1.165) is 44.4 Å². The van der Waals surface area contributed by atoms with Gasteiger partial charge in [0, 0.05) is 42.7 Å². The number of halogens is 4. The summed E-state index contributed by atoms with van der Waals surface area (Å²) in [5.74, 6) is -0.774. The van der Waals surface area contributed by atoms with Gasteiger partial charge in [-0.25, -0.2) is 4.39 Å². The number of ether oxygens (including phenoxy) is 1. The summed E-state index contributed by atoms with van der Waals surface area (Å²) >= 11 is 0. The lowest BCUT2D eigenvalue weighted by molar-refractivity contribution is -0.142. The van der Waals surface area contributed by atoms with Crippen LogP contribution in [0.5, 0.6) is 11.8 Å². The van der Waals surface area contributed by atoms with Crippen LogP contribution < -0.4 is 20.5 Å². The van der Waals surface area contributed by atoms with E-state index in [0.29, 0.717) is 23.0 Å². The largest absolute Gasteiger partial charge is 0.508 e. The Morgan fingerprint density at radius 2 is 1.84 bits per heavy atom. The van der Waals surface area contributed by atoms with Crippen LogP contribution >= 0.6 is 0 Å². The molecule has 238 valence electrons. The number of alkyl halides is 3. The highest BCUT2D eigenvalue weighted by Crippen LogP contribution is 2.39. The Labute approximate surface area is 256 Å². The molecule has 0 spiro atoms. The molecule has 9 nitrogen and oxygen atoms in total. The summed E-state index contributed by atoms with van der Waals surface area (Å²) in [5, 5.41) is 14.4. The Hall–Kier alpha value is -3.97. The summed E-state index contributed by atoms with van der Waals surface area (Å²) in [7, 11) is 1.99. The number of likely N-dealkylation sites (tertiary alicyclic amines) is 1. The first kappa shape index (κ1) is 29.7. The van der Waals surface area contributed by atoms with E-state index in [2.05, 4.69) is 20.2 Å². The van der Waals surface area contributed by atoms with Crippen LogP contribution in [0.4, 0.5) is 23.4 Å². The van der Waals surface area contributed by atoms with E-state index in [-0.39, 0.29) is 76.3 Å². The lowest BCUT2D eigenvalue weighted by atomic mass is 9.99. The van der Waals surface area contributed by atoms with E-state index in [4.69, 9.17) is 4.74 Å². The smallest absolute Gasteiger partial charge is 0.431 e.